The third-order valence-corrected chi connectivity index (χ3v) is 5.75. The van der Waals surface area contributed by atoms with Gasteiger partial charge in [-0.05, 0) is 18.4 Å². The van der Waals surface area contributed by atoms with Crippen molar-refractivity contribution in [2.75, 3.05) is 6.54 Å². The molecule has 7 nitrogen and oxygen atoms in total. The van der Waals surface area contributed by atoms with Gasteiger partial charge in [0.15, 0.2) is 0 Å². The van der Waals surface area contributed by atoms with E-state index in [0.29, 0.717) is 18.4 Å². The van der Waals surface area contributed by atoms with Crippen LogP contribution in [-0.2, 0) is 31.3 Å². The van der Waals surface area contributed by atoms with Crippen LogP contribution in [0.5, 0.6) is 0 Å². The van der Waals surface area contributed by atoms with Crippen molar-refractivity contribution in [1.29, 1.82) is 0 Å². The van der Waals surface area contributed by atoms with Crippen LogP contribution in [-0.4, -0.2) is 37.4 Å². The van der Waals surface area contributed by atoms with E-state index < -0.39 is 40.5 Å². The molecular formula is C17H20FNO6S. The van der Waals surface area contributed by atoms with Gasteiger partial charge in [-0.3, -0.25) is 4.79 Å². The first kappa shape index (κ1) is 18.6. The minimum absolute atomic E-state index is 0.0120. The minimum atomic E-state index is -5.34. The Morgan fingerprint density at radius 2 is 1.92 bits per heavy atom. The molecule has 0 N–H and O–H groups in total. The van der Waals surface area contributed by atoms with Gasteiger partial charge < -0.3 is 9.47 Å². The highest BCUT2D eigenvalue weighted by atomic mass is 32.3. The third kappa shape index (κ3) is 3.98. The van der Waals surface area contributed by atoms with E-state index in [4.69, 9.17) is 9.47 Å². The van der Waals surface area contributed by atoms with Crippen molar-refractivity contribution >= 4 is 22.5 Å². The number of benzene rings is 1. The van der Waals surface area contributed by atoms with Crippen LogP contribution in [0.2, 0.25) is 0 Å². The minimum Gasteiger partial charge on any atom is -0.460 e. The summed E-state index contributed by atoms with van der Waals surface area (Å²) in [5.74, 6) is -0.395. The number of hydrogen-bond donors (Lipinski definition) is 0. The van der Waals surface area contributed by atoms with Crippen molar-refractivity contribution in [3.8, 4) is 0 Å². The Hall–Kier alpha value is -2.16. The van der Waals surface area contributed by atoms with Crippen molar-refractivity contribution in [2.24, 2.45) is 5.41 Å². The average Bonchev–Trinajstić information content (AvgIpc) is 3.18. The quantitative estimate of drug-likeness (QED) is 0.572. The van der Waals surface area contributed by atoms with E-state index in [1.807, 2.05) is 0 Å². The molecule has 1 atom stereocenters. The number of ether oxygens (including phenoxy) is 2. The lowest BCUT2D eigenvalue weighted by Gasteiger charge is -2.21. The van der Waals surface area contributed by atoms with Gasteiger partial charge in [0.25, 0.3) is 0 Å². The zero-order valence-corrected chi connectivity index (χ0v) is 14.9. The molecule has 0 aromatic heterocycles. The summed E-state index contributed by atoms with van der Waals surface area (Å²) in [5, 5.41) is 0. The van der Waals surface area contributed by atoms with Gasteiger partial charge in [-0.15, -0.1) is 0 Å². The molecule has 0 radical (unpaired) electrons. The highest BCUT2D eigenvalue weighted by molar-refractivity contribution is 7.84. The lowest BCUT2D eigenvalue weighted by atomic mass is 9.83. The van der Waals surface area contributed by atoms with Crippen molar-refractivity contribution < 1.29 is 31.4 Å². The smallest absolute Gasteiger partial charge is 0.426 e. The molecule has 2 aliphatic rings. The number of amides is 1. The fraction of sp³-hybridized carbons (Fsp3) is 0.529. The zero-order valence-electron chi connectivity index (χ0n) is 14.1. The average molecular weight is 385 g/mol. The maximum absolute atomic E-state index is 13.6. The summed E-state index contributed by atoms with van der Waals surface area (Å²) < 4.78 is 46.5. The third-order valence-electron chi connectivity index (χ3n) is 4.93. The molecule has 9 heteroatoms. The fourth-order valence-corrected chi connectivity index (χ4v) is 4.20. The summed E-state index contributed by atoms with van der Waals surface area (Å²) in [6, 6.07) is 8.60. The van der Waals surface area contributed by atoms with E-state index in [1.165, 1.54) is 0 Å². The summed E-state index contributed by atoms with van der Waals surface area (Å²) in [6.45, 7) is -0.778. The van der Waals surface area contributed by atoms with Crippen LogP contribution in [0.25, 0.3) is 0 Å². The van der Waals surface area contributed by atoms with E-state index in [1.54, 1.807) is 30.3 Å². The van der Waals surface area contributed by atoms with Gasteiger partial charge in [0, 0.05) is 6.42 Å². The van der Waals surface area contributed by atoms with E-state index in [9.17, 15) is 21.9 Å². The molecule has 142 valence electrons. The molecular weight excluding hydrogens is 365 g/mol. The maximum Gasteiger partial charge on any atom is 0.426 e. The first-order chi connectivity index (χ1) is 12.3. The lowest BCUT2D eigenvalue weighted by Crippen LogP contribution is -2.40. The molecule has 0 unspecified atom stereocenters. The van der Waals surface area contributed by atoms with Crippen LogP contribution in [0.3, 0.4) is 0 Å². The number of halogens is 1. The number of esters is 1. The predicted molar refractivity (Wildman–Crippen MR) is 88.8 cm³/mol. The number of rotatable bonds is 5. The maximum atomic E-state index is 13.6. The van der Waals surface area contributed by atoms with Gasteiger partial charge in [-0.25, -0.2) is 4.79 Å². The molecule has 2 fully saturated rings. The first-order valence-electron chi connectivity index (χ1n) is 8.44. The van der Waals surface area contributed by atoms with Gasteiger partial charge >= 0.3 is 22.5 Å². The Bertz CT molecular complexity index is 776. The van der Waals surface area contributed by atoms with Crippen molar-refractivity contribution in [2.45, 2.75) is 44.8 Å². The van der Waals surface area contributed by atoms with Crippen LogP contribution in [0.4, 0.5) is 8.68 Å². The Kier molecular flexibility index (Phi) is 5.17. The number of nitrogens with zero attached hydrogens (tertiary/aromatic N) is 1. The molecule has 1 spiro atoms. The molecule has 1 saturated heterocycles. The Labute approximate surface area is 151 Å². The molecule has 0 bridgehead atoms. The van der Waals surface area contributed by atoms with Gasteiger partial charge in [0.05, 0.1) is 12.0 Å². The number of cyclic esters (lactones) is 1. The van der Waals surface area contributed by atoms with E-state index in [-0.39, 0.29) is 17.3 Å². The van der Waals surface area contributed by atoms with Gasteiger partial charge in [0.2, 0.25) is 0 Å². The molecule has 1 aromatic rings. The molecule has 1 amide bonds. The first-order valence-corrected chi connectivity index (χ1v) is 9.78. The molecule has 1 saturated carbocycles. The van der Waals surface area contributed by atoms with Crippen molar-refractivity contribution in [1.82, 2.24) is 4.31 Å². The lowest BCUT2D eigenvalue weighted by molar-refractivity contribution is -0.148. The zero-order chi connectivity index (χ0) is 18.8. The van der Waals surface area contributed by atoms with Crippen LogP contribution in [0.15, 0.2) is 30.3 Å². The second-order valence-corrected chi connectivity index (χ2v) is 8.00. The number of hydrogen-bond acceptors (Lipinski definition) is 6. The molecule has 1 aliphatic heterocycles. The summed E-state index contributed by atoms with van der Waals surface area (Å²) in [4.78, 5) is 24.2. The van der Waals surface area contributed by atoms with Crippen LogP contribution in [0.1, 0.15) is 37.7 Å². The highest BCUT2D eigenvalue weighted by Crippen LogP contribution is 2.47. The fourth-order valence-electron chi connectivity index (χ4n) is 3.63. The standard InChI is InChI=1S/C17H20FNO6S/c18-26(22,23)19(16(21)24-12-13-6-2-1-3-7-13)11-14-10-17(15(20)25-14)8-4-5-9-17/h1-3,6-7,14H,4-5,8-12H2/t14-/m0/s1. The van der Waals surface area contributed by atoms with Crippen LogP contribution >= 0.6 is 0 Å². The Balaban J connectivity index is 1.65. The molecule has 1 aromatic carbocycles. The summed E-state index contributed by atoms with van der Waals surface area (Å²) >= 11 is 0. The largest absolute Gasteiger partial charge is 0.460 e. The van der Waals surface area contributed by atoms with Crippen LogP contribution in [0, 0.1) is 5.41 Å². The van der Waals surface area contributed by atoms with Crippen molar-refractivity contribution in [3.05, 3.63) is 35.9 Å². The van der Waals surface area contributed by atoms with E-state index in [2.05, 4.69) is 0 Å². The van der Waals surface area contributed by atoms with Gasteiger partial charge in [0.1, 0.15) is 12.7 Å². The SMILES string of the molecule is O=C(OCc1ccccc1)N(C[C@@H]1CC2(CCCC2)C(=O)O1)S(=O)(=O)F. The number of carbonyl (C=O) groups excluding carboxylic acids is 2. The molecule has 1 heterocycles. The highest BCUT2D eigenvalue weighted by Gasteiger charge is 2.51. The predicted octanol–water partition coefficient (Wildman–Crippen LogP) is 2.72. The topological polar surface area (TPSA) is 90.0 Å². The Morgan fingerprint density at radius 1 is 1.27 bits per heavy atom. The van der Waals surface area contributed by atoms with E-state index >= 15 is 0 Å². The van der Waals surface area contributed by atoms with Crippen LogP contribution < -0.4 is 0 Å². The molecule has 26 heavy (non-hydrogen) atoms. The summed E-state index contributed by atoms with van der Waals surface area (Å²) in [5.41, 5.74) is 0.0129. The molecule has 3 rings (SSSR count). The van der Waals surface area contributed by atoms with Crippen molar-refractivity contribution in [3.63, 3.8) is 0 Å². The number of carbonyl (C=O) groups is 2. The van der Waals surface area contributed by atoms with Gasteiger partial charge in [-0.1, -0.05) is 47.1 Å². The summed E-state index contributed by atoms with van der Waals surface area (Å²) in [6.07, 6.45) is 1.21. The summed E-state index contributed by atoms with van der Waals surface area (Å²) in [7, 11) is -5.34. The second kappa shape index (κ2) is 7.22. The Morgan fingerprint density at radius 3 is 2.54 bits per heavy atom. The molecule has 1 aliphatic carbocycles. The van der Waals surface area contributed by atoms with E-state index in [0.717, 1.165) is 12.8 Å². The second-order valence-electron chi connectivity index (χ2n) is 6.73. The van der Waals surface area contributed by atoms with Gasteiger partial charge in [-0.2, -0.15) is 12.7 Å². The normalized spacial score (nSPS) is 21.6. The monoisotopic (exact) mass is 385 g/mol.